The summed E-state index contributed by atoms with van der Waals surface area (Å²) in [6.07, 6.45) is 2.63. The molecule has 2 heterocycles. The van der Waals surface area contributed by atoms with Gasteiger partial charge in [0.1, 0.15) is 0 Å². The van der Waals surface area contributed by atoms with Gasteiger partial charge in [-0.25, -0.2) is 0 Å². The van der Waals surface area contributed by atoms with E-state index in [2.05, 4.69) is 40.0 Å². The Balaban J connectivity index is 1.71. The molecule has 0 aliphatic carbocycles. The van der Waals surface area contributed by atoms with Crippen LogP contribution in [0.15, 0.2) is 65.6 Å². The largest absolute Gasteiger partial charge is 0.494 e. The number of nitrogens with one attached hydrogen (secondary N) is 1. The van der Waals surface area contributed by atoms with Crippen molar-refractivity contribution in [2.24, 2.45) is 0 Å². The SMILES string of the molecule is O=c1[nH]c(O)c(Cc2cccc3c2ccn3Cc2ccccc2)s1. The third-order valence-corrected chi connectivity index (χ3v) is 5.02. The third-order valence-electron chi connectivity index (χ3n) is 4.15. The Kier molecular flexibility index (Phi) is 3.70. The Hall–Kier alpha value is -2.79. The molecule has 0 saturated heterocycles. The molecule has 0 aliphatic rings. The van der Waals surface area contributed by atoms with Gasteiger partial charge >= 0.3 is 4.87 Å². The van der Waals surface area contributed by atoms with Crippen LogP contribution in [0.2, 0.25) is 0 Å². The fraction of sp³-hybridized carbons (Fsp3) is 0.105. The standard InChI is InChI=1S/C19H16N2O2S/c22-18-17(24-19(23)20-18)11-14-7-4-8-16-15(14)9-10-21(16)12-13-5-2-1-3-6-13/h1-10,22H,11-12H2,(H,20,23). The molecule has 0 radical (unpaired) electrons. The summed E-state index contributed by atoms with van der Waals surface area (Å²) in [5, 5.41) is 11.0. The Morgan fingerprint density at radius 2 is 1.88 bits per heavy atom. The highest BCUT2D eigenvalue weighted by molar-refractivity contribution is 7.09. The summed E-state index contributed by atoms with van der Waals surface area (Å²) in [4.78, 5) is 14.2. The molecule has 5 heteroatoms. The summed E-state index contributed by atoms with van der Waals surface area (Å²) < 4.78 is 2.22. The number of thiazole rings is 1. The lowest BCUT2D eigenvalue weighted by Crippen LogP contribution is -1.97. The van der Waals surface area contributed by atoms with E-state index < -0.39 is 0 Å². The number of aromatic nitrogens is 2. The van der Waals surface area contributed by atoms with E-state index in [1.807, 2.05) is 30.3 Å². The summed E-state index contributed by atoms with van der Waals surface area (Å²) in [7, 11) is 0. The van der Waals surface area contributed by atoms with Crippen molar-refractivity contribution in [3.8, 4) is 5.88 Å². The maximum absolute atomic E-state index is 11.4. The van der Waals surface area contributed by atoms with Crippen molar-refractivity contribution in [2.75, 3.05) is 0 Å². The van der Waals surface area contributed by atoms with Crippen LogP contribution in [-0.2, 0) is 13.0 Å². The monoisotopic (exact) mass is 336 g/mol. The van der Waals surface area contributed by atoms with E-state index in [-0.39, 0.29) is 10.8 Å². The molecule has 0 atom stereocenters. The second-order valence-electron chi connectivity index (χ2n) is 5.74. The molecule has 0 fully saturated rings. The van der Waals surface area contributed by atoms with Crippen LogP contribution in [0.3, 0.4) is 0 Å². The van der Waals surface area contributed by atoms with E-state index in [0.717, 1.165) is 34.3 Å². The van der Waals surface area contributed by atoms with Crippen molar-refractivity contribution in [2.45, 2.75) is 13.0 Å². The normalized spacial score (nSPS) is 11.2. The van der Waals surface area contributed by atoms with E-state index in [1.54, 1.807) is 0 Å². The van der Waals surface area contributed by atoms with E-state index >= 15 is 0 Å². The summed E-state index contributed by atoms with van der Waals surface area (Å²) in [6.45, 7) is 0.816. The summed E-state index contributed by atoms with van der Waals surface area (Å²) in [5.41, 5.74) is 3.51. The van der Waals surface area contributed by atoms with Gasteiger partial charge in [-0.3, -0.25) is 9.78 Å². The Labute approximate surface area is 142 Å². The quantitative estimate of drug-likeness (QED) is 0.596. The summed E-state index contributed by atoms with van der Waals surface area (Å²) in [6, 6.07) is 18.6. The van der Waals surface area contributed by atoms with Crippen molar-refractivity contribution in [3.05, 3.63) is 86.5 Å². The van der Waals surface area contributed by atoms with Gasteiger partial charge in [0.2, 0.25) is 5.88 Å². The molecule has 120 valence electrons. The molecule has 0 amide bonds. The number of nitrogens with zero attached hydrogens (tertiary/aromatic N) is 1. The average Bonchev–Trinajstić information content (AvgIpc) is 3.13. The number of H-pyrrole nitrogens is 1. The lowest BCUT2D eigenvalue weighted by Gasteiger charge is -2.07. The number of fused-ring (bicyclic) bond motifs is 1. The van der Waals surface area contributed by atoms with Crippen molar-refractivity contribution < 1.29 is 5.11 Å². The minimum Gasteiger partial charge on any atom is -0.494 e. The van der Waals surface area contributed by atoms with Gasteiger partial charge in [0.15, 0.2) is 0 Å². The van der Waals surface area contributed by atoms with Gasteiger partial charge < -0.3 is 9.67 Å². The van der Waals surface area contributed by atoms with Crippen LogP contribution in [0, 0.1) is 0 Å². The molecule has 0 aliphatic heterocycles. The molecule has 24 heavy (non-hydrogen) atoms. The highest BCUT2D eigenvalue weighted by Gasteiger charge is 2.11. The zero-order valence-electron chi connectivity index (χ0n) is 12.9. The van der Waals surface area contributed by atoms with E-state index in [1.165, 1.54) is 5.56 Å². The first-order valence-corrected chi connectivity index (χ1v) is 8.54. The molecule has 4 nitrogen and oxygen atoms in total. The lowest BCUT2D eigenvalue weighted by atomic mass is 10.1. The average molecular weight is 336 g/mol. The number of rotatable bonds is 4. The van der Waals surface area contributed by atoms with Gasteiger partial charge in [-0.15, -0.1) is 0 Å². The smallest absolute Gasteiger partial charge is 0.307 e. The van der Waals surface area contributed by atoms with Gasteiger partial charge in [-0.2, -0.15) is 0 Å². The first-order chi connectivity index (χ1) is 11.7. The highest BCUT2D eigenvalue weighted by Crippen LogP contribution is 2.26. The number of aromatic amines is 1. The fourth-order valence-corrected chi connectivity index (χ4v) is 3.75. The van der Waals surface area contributed by atoms with Crippen LogP contribution < -0.4 is 4.87 Å². The molecular formula is C19H16N2O2S. The predicted molar refractivity (Wildman–Crippen MR) is 96.9 cm³/mol. The molecule has 2 aromatic carbocycles. The molecule has 0 unspecified atom stereocenters. The van der Waals surface area contributed by atoms with Crippen LogP contribution in [0.1, 0.15) is 16.0 Å². The first kappa shape index (κ1) is 14.8. The van der Waals surface area contributed by atoms with Crippen LogP contribution in [0.25, 0.3) is 10.9 Å². The number of hydrogen-bond donors (Lipinski definition) is 2. The first-order valence-electron chi connectivity index (χ1n) is 7.72. The molecule has 2 N–H and O–H groups in total. The minimum atomic E-state index is -0.226. The van der Waals surface area contributed by atoms with Crippen molar-refractivity contribution in [1.82, 2.24) is 9.55 Å². The van der Waals surface area contributed by atoms with Gasteiger partial charge in [-0.1, -0.05) is 53.8 Å². The second-order valence-corrected chi connectivity index (χ2v) is 6.81. The van der Waals surface area contributed by atoms with E-state index in [9.17, 15) is 9.90 Å². The predicted octanol–water partition coefficient (Wildman–Crippen LogP) is 3.74. The molecule has 0 bridgehead atoms. The number of hydrogen-bond acceptors (Lipinski definition) is 3. The van der Waals surface area contributed by atoms with Crippen LogP contribution in [-0.4, -0.2) is 14.7 Å². The zero-order valence-corrected chi connectivity index (χ0v) is 13.7. The fourth-order valence-electron chi connectivity index (χ4n) is 3.00. The van der Waals surface area contributed by atoms with Crippen LogP contribution in [0.5, 0.6) is 5.88 Å². The maximum atomic E-state index is 11.4. The zero-order chi connectivity index (χ0) is 16.5. The third kappa shape index (κ3) is 2.74. The summed E-state index contributed by atoms with van der Waals surface area (Å²) in [5.74, 6) is -0.0225. The number of aromatic hydroxyl groups is 1. The van der Waals surface area contributed by atoms with Crippen molar-refractivity contribution in [1.29, 1.82) is 0 Å². The second kappa shape index (κ2) is 6.02. The van der Waals surface area contributed by atoms with Gasteiger partial charge in [0, 0.05) is 30.1 Å². The highest BCUT2D eigenvalue weighted by atomic mass is 32.1. The van der Waals surface area contributed by atoms with Gasteiger partial charge in [-0.05, 0) is 23.3 Å². The Morgan fingerprint density at radius 3 is 2.62 bits per heavy atom. The van der Waals surface area contributed by atoms with Gasteiger partial charge in [0.25, 0.3) is 0 Å². The molecule has 4 rings (SSSR count). The molecule has 0 saturated carbocycles. The molecular weight excluding hydrogens is 320 g/mol. The van der Waals surface area contributed by atoms with E-state index in [4.69, 9.17) is 0 Å². The maximum Gasteiger partial charge on any atom is 0.307 e. The van der Waals surface area contributed by atoms with Crippen molar-refractivity contribution >= 4 is 22.2 Å². The van der Waals surface area contributed by atoms with Crippen molar-refractivity contribution in [3.63, 3.8) is 0 Å². The Morgan fingerprint density at radius 1 is 1.04 bits per heavy atom. The Bertz CT molecular complexity index is 1040. The summed E-state index contributed by atoms with van der Waals surface area (Å²) >= 11 is 1.06. The lowest BCUT2D eigenvalue weighted by molar-refractivity contribution is 0.451. The minimum absolute atomic E-state index is 0.0225. The molecule has 4 aromatic rings. The molecule has 2 aromatic heterocycles. The number of benzene rings is 2. The van der Waals surface area contributed by atoms with Gasteiger partial charge in [0.05, 0.1) is 4.88 Å². The van der Waals surface area contributed by atoms with Crippen LogP contribution in [0.4, 0.5) is 0 Å². The molecule has 0 spiro atoms. The topological polar surface area (TPSA) is 58.0 Å². The van der Waals surface area contributed by atoms with E-state index in [0.29, 0.717) is 11.3 Å². The van der Waals surface area contributed by atoms with Crippen LogP contribution >= 0.6 is 11.3 Å².